The molecule has 1 aliphatic rings. The van der Waals surface area contributed by atoms with Gasteiger partial charge in [0, 0.05) is 38.4 Å². The molecule has 0 N–H and O–H groups in total. The van der Waals surface area contributed by atoms with Crippen LogP contribution in [0.25, 0.3) is 0 Å². The monoisotopic (exact) mass is 230 g/mol. The van der Waals surface area contributed by atoms with Crippen molar-refractivity contribution in [3.05, 3.63) is 0 Å². The van der Waals surface area contributed by atoms with Crippen molar-refractivity contribution in [2.75, 3.05) is 25.6 Å². The average Bonchev–Trinajstić information content (AvgIpc) is 2.04. The molecule has 0 radical (unpaired) electrons. The molecule has 1 rings (SSSR count). The third-order valence-corrected chi connectivity index (χ3v) is 3.00. The number of hydrogen-bond acceptors (Lipinski definition) is 4. The minimum absolute atomic E-state index is 0. The zero-order valence-electron chi connectivity index (χ0n) is 8.78. The van der Waals surface area contributed by atoms with Gasteiger partial charge in [0.05, 0.1) is 5.60 Å². The molecule has 0 aromatic carbocycles. The summed E-state index contributed by atoms with van der Waals surface area (Å²) in [4.78, 5) is 0. The van der Waals surface area contributed by atoms with Crippen molar-refractivity contribution in [2.24, 2.45) is 0 Å². The summed E-state index contributed by atoms with van der Waals surface area (Å²) < 4.78 is 31.9. The van der Waals surface area contributed by atoms with Crippen LogP contribution in [0.15, 0.2) is 0 Å². The molecular formula is C8H15NaO4S. The van der Waals surface area contributed by atoms with Crippen LogP contribution in [0.4, 0.5) is 0 Å². The quantitative estimate of drug-likeness (QED) is 0.394. The van der Waals surface area contributed by atoms with E-state index in [2.05, 4.69) is 0 Å². The Morgan fingerprint density at radius 3 is 2.50 bits per heavy atom. The zero-order valence-corrected chi connectivity index (χ0v) is 11.6. The Labute approximate surface area is 109 Å². The van der Waals surface area contributed by atoms with Crippen LogP contribution in [0.2, 0.25) is 0 Å². The first-order valence-corrected chi connectivity index (χ1v) is 5.70. The van der Waals surface area contributed by atoms with Gasteiger partial charge in [0.15, 0.2) is 0 Å². The van der Waals surface area contributed by atoms with E-state index < -0.39 is 16.7 Å². The summed E-state index contributed by atoms with van der Waals surface area (Å²) in [6, 6.07) is 0. The van der Waals surface area contributed by atoms with Gasteiger partial charge in [0.2, 0.25) is 0 Å². The van der Waals surface area contributed by atoms with E-state index in [1.165, 1.54) is 0 Å². The molecule has 0 bridgehead atoms. The number of hydrogen-bond donors (Lipinski definition) is 0. The summed E-state index contributed by atoms with van der Waals surface area (Å²) >= 11 is -2.03. The van der Waals surface area contributed by atoms with Crippen molar-refractivity contribution in [3.63, 3.8) is 0 Å². The second kappa shape index (κ2) is 7.33. The molecule has 1 atom stereocenters. The Kier molecular flexibility index (Phi) is 7.87. The van der Waals surface area contributed by atoms with Gasteiger partial charge >= 0.3 is 29.6 Å². The van der Waals surface area contributed by atoms with Crippen LogP contribution in [0.3, 0.4) is 0 Å². The summed E-state index contributed by atoms with van der Waals surface area (Å²) in [7, 11) is 0. The van der Waals surface area contributed by atoms with Crippen molar-refractivity contribution in [1.82, 2.24) is 0 Å². The van der Waals surface area contributed by atoms with Crippen LogP contribution >= 0.6 is 0 Å². The summed E-state index contributed by atoms with van der Waals surface area (Å²) in [5.41, 5.74) is -0.486. The summed E-state index contributed by atoms with van der Waals surface area (Å²) in [6.45, 7) is 3.62. The minimum Gasteiger partial charge on any atom is -0.772 e. The van der Waals surface area contributed by atoms with Crippen molar-refractivity contribution in [3.8, 4) is 0 Å². The van der Waals surface area contributed by atoms with Crippen molar-refractivity contribution < 1.29 is 47.8 Å². The molecule has 0 saturated carbocycles. The molecule has 0 aromatic heterocycles. The first-order chi connectivity index (χ1) is 6.18. The molecule has 0 aliphatic carbocycles. The molecule has 0 aromatic rings. The van der Waals surface area contributed by atoms with E-state index in [-0.39, 0.29) is 35.3 Å². The summed E-state index contributed by atoms with van der Waals surface area (Å²) in [5, 5.41) is 0. The molecule has 1 unspecified atom stereocenters. The summed E-state index contributed by atoms with van der Waals surface area (Å²) in [5.74, 6) is 0.0875. The fraction of sp³-hybridized carbons (Fsp3) is 1.00. The normalized spacial score (nSPS) is 22.4. The maximum Gasteiger partial charge on any atom is 1.00 e. The topological polar surface area (TPSA) is 58.6 Å². The molecule has 14 heavy (non-hydrogen) atoms. The summed E-state index contributed by atoms with van der Waals surface area (Å²) in [6.07, 6.45) is 1.35. The molecule has 78 valence electrons. The van der Waals surface area contributed by atoms with Gasteiger partial charge in [0.1, 0.15) is 0 Å². The van der Waals surface area contributed by atoms with Crippen molar-refractivity contribution in [2.45, 2.75) is 25.4 Å². The van der Waals surface area contributed by atoms with Gasteiger partial charge in [-0.05, 0) is 6.92 Å². The largest absolute Gasteiger partial charge is 1.00 e. The Hall–Kier alpha value is 1.03. The van der Waals surface area contributed by atoms with Crippen LogP contribution in [0, 0.1) is 0 Å². The van der Waals surface area contributed by atoms with E-state index in [4.69, 9.17) is 9.47 Å². The fourth-order valence-electron chi connectivity index (χ4n) is 1.59. The molecule has 6 heteroatoms. The van der Waals surface area contributed by atoms with Gasteiger partial charge in [-0.25, -0.2) is 0 Å². The van der Waals surface area contributed by atoms with E-state index in [0.717, 1.165) is 0 Å². The molecule has 0 spiro atoms. The van der Waals surface area contributed by atoms with Crippen molar-refractivity contribution in [1.29, 1.82) is 0 Å². The van der Waals surface area contributed by atoms with Gasteiger partial charge in [-0.2, -0.15) is 0 Å². The Balaban J connectivity index is 0.00000169. The first kappa shape index (κ1) is 15.0. The molecule has 4 nitrogen and oxygen atoms in total. The molecular weight excluding hydrogens is 215 g/mol. The van der Waals surface area contributed by atoms with E-state index in [9.17, 15) is 8.76 Å². The van der Waals surface area contributed by atoms with Crippen LogP contribution in [0.1, 0.15) is 19.8 Å². The third kappa shape index (κ3) is 4.70. The predicted octanol–water partition coefficient (Wildman–Crippen LogP) is -2.54. The van der Waals surface area contributed by atoms with Crippen LogP contribution < -0.4 is 29.6 Å². The van der Waals surface area contributed by atoms with Gasteiger partial charge in [0.25, 0.3) is 0 Å². The van der Waals surface area contributed by atoms with E-state index >= 15 is 0 Å². The second-order valence-corrected chi connectivity index (χ2v) is 4.07. The van der Waals surface area contributed by atoms with Crippen LogP contribution in [-0.4, -0.2) is 39.9 Å². The van der Waals surface area contributed by atoms with Crippen molar-refractivity contribution >= 4 is 11.1 Å². The molecule has 0 amide bonds. The van der Waals surface area contributed by atoms with E-state index in [1.807, 2.05) is 6.92 Å². The number of rotatable bonds is 4. The van der Waals surface area contributed by atoms with E-state index in [0.29, 0.717) is 32.7 Å². The Bertz CT molecular complexity index is 177. The second-order valence-electron chi connectivity index (χ2n) is 3.18. The maximum absolute atomic E-state index is 10.6. The van der Waals surface area contributed by atoms with Gasteiger partial charge < -0.3 is 14.0 Å². The average molecular weight is 230 g/mol. The van der Waals surface area contributed by atoms with Gasteiger partial charge in [-0.1, -0.05) is 11.1 Å². The van der Waals surface area contributed by atoms with Crippen LogP contribution in [0.5, 0.6) is 0 Å². The molecule has 1 saturated heterocycles. The first-order valence-electron chi connectivity index (χ1n) is 4.46. The fourth-order valence-corrected chi connectivity index (χ4v) is 2.40. The number of ether oxygens (including phenoxy) is 2. The van der Waals surface area contributed by atoms with Gasteiger partial charge in [-0.3, -0.25) is 4.21 Å². The predicted molar refractivity (Wildman–Crippen MR) is 48.2 cm³/mol. The molecule has 1 fully saturated rings. The molecule has 1 heterocycles. The Morgan fingerprint density at radius 1 is 1.50 bits per heavy atom. The molecule has 1 aliphatic heterocycles. The zero-order chi connectivity index (χ0) is 9.73. The standard InChI is InChI=1S/C8H16O4S.Na/c1-2-12-8(7-13(9)10)3-5-11-6-4-8;/h2-7H2,1H3,(H,9,10);/q;+1/p-1. The SMILES string of the molecule is CCOC1(CS(=O)[O-])CCOCC1.[Na+]. The smallest absolute Gasteiger partial charge is 0.772 e. The van der Waals surface area contributed by atoms with Crippen LogP contribution in [-0.2, 0) is 20.6 Å². The van der Waals surface area contributed by atoms with E-state index in [1.54, 1.807) is 0 Å². The Morgan fingerprint density at radius 2 is 2.07 bits per heavy atom. The third-order valence-electron chi connectivity index (χ3n) is 2.24. The maximum atomic E-state index is 10.6. The van der Waals surface area contributed by atoms with Gasteiger partial charge in [-0.15, -0.1) is 0 Å². The minimum atomic E-state index is -2.03.